The van der Waals surface area contributed by atoms with Crippen molar-refractivity contribution >= 4 is 39.1 Å². The zero-order valence-corrected chi connectivity index (χ0v) is 25.1. The second-order valence-electron chi connectivity index (χ2n) is 12.3. The Morgan fingerprint density at radius 2 is 1.52 bits per heavy atom. The number of carbonyl (C=O) groups is 3. The lowest BCUT2D eigenvalue weighted by Crippen LogP contribution is -2.37. The Morgan fingerprint density at radius 1 is 0.950 bits per heavy atom. The molecule has 0 aromatic heterocycles. The molecule has 1 N–H and O–H groups in total. The van der Waals surface area contributed by atoms with Gasteiger partial charge in [0, 0.05) is 48.4 Å². The number of hydrogen-bond donors (Lipinski definition) is 1. The van der Waals surface area contributed by atoms with Crippen molar-refractivity contribution in [3.8, 4) is 11.5 Å². The van der Waals surface area contributed by atoms with Gasteiger partial charge in [0.2, 0.25) is 0 Å². The number of para-hydroxylation sites is 1. The van der Waals surface area contributed by atoms with Crippen LogP contribution in [0.2, 0.25) is 0 Å². The Hall–Kier alpha value is -3.39. The second-order valence-corrected chi connectivity index (χ2v) is 13.2. The number of ketones is 2. The molecule has 0 fully saturated rings. The number of carbonyl (C=O) groups excluding carboxylic acids is 3. The van der Waals surface area contributed by atoms with E-state index >= 15 is 0 Å². The molecule has 0 saturated carbocycles. The molecule has 0 saturated heterocycles. The van der Waals surface area contributed by atoms with Crippen molar-refractivity contribution in [2.24, 2.45) is 10.8 Å². The molecular formula is C32H34BrNO6. The normalized spacial score (nSPS) is 19.9. The molecular weight excluding hydrogens is 574 g/mol. The molecule has 0 bridgehead atoms. The minimum absolute atomic E-state index is 0.00608. The molecule has 210 valence electrons. The first-order valence-corrected chi connectivity index (χ1v) is 14.2. The number of nitrogens with one attached hydrogen (secondary N) is 1. The first kappa shape index (κ1) is 28.1. The van der Waals surface area contributed by atoms with Gasteiger partial charge in [-0.05, 0) is 56.6 Å². The van der Waals surface area contributed by atoms with Crippen LogP contribution in [-0.2, 0) is 19.1 Å². The summed E-state index contributed by atoms with van der Waals surface area (Å²) < 4.78 is 18.5. The van der Waals surface area contributed by atoms with E-state index in [2.05, 4.69) is 48.9 Å². The summed E-state index contributed by atoms with van der Waals surface area (Å²) in [5, 5.41) is 2.80. The first-order chi connectivity index (χ1) is 18.9. The molecule has 7 nitrogen and oxygen atoms in total. The highest BCUT2D eigenvalue weighted by Crippen LogP contribution is 2.54. The lowest BCUT2D eigenvalue weighted by molar-refractivity contribution is -0.120. The standard InChI is InChI=1S/C32H34BrNO6/c1-31(2)13-21(35)28-24(15-31)40-25-16-32(3,4)14-22(36)29(25)27(28)18-11-20(33)30(23(12-18)38-5)39-17-26(37)34-19-9-7-6-8-10-19/h6-12,27H,13-17H2,1-5H3,(H,34,37). The van der Waals surface area contributed by atoms with Gasteiger partial charge in [0.1, 0.15) is 11.5 Å². The lowest BCUT2D eigenvalue weighted by Gasteiger charge is -2.42. The van der Waals surface area contributed by atoms with Gasteiger partial charge in [0.05, 0.1) is 11.6 Å². The molecule has 3 aliphatic rings. The molecule has 2 aromatic rings. The maximum absolute atomic E-state index is 13.6. The predicted octanol–water partition coefficient (Wildman–Crippen LogP) is 6.88. The summed E-state index contributed by atoms with van der Waals surface area (Å²) in [6, 6.07) is 12.8. The molecule has 0 unspecified atom stereocenters. The van der Waals surface area contributed by atoms with Crippen molar-refractivity contribution in [2.75, 3.05) is 19.0 Å². The Balaban J connectivity index is 1.52. The van der Waals surface area contributed by atoms with Crippen LogP contribution in [-0.4, -0.2) is 31.2 Å². The van der Waals surface area contributed by atoms with Crippen LogP contribution in [0.15, 0.2) is 69.6 Å². The Bertz CT molecular complexity index is 1400. The van der Waals surface area contributed by atoms with E-state index in [-0.39, 0.29) is 34.9 Å². The van der Waals surface area contributed by atoms with Crippen molar-refractivity contribution in [1.82, 2.24) is 0 Å². The number of rotatable bonds is 6. The van der Waals surface area contributed by atoms with Crippen LogP contribution in [0.5, 0.6) is 11.5 Å². The molecule has 1 heterocycles. The maximum atomic E-state index is 13.6. The maximum Gasteiger partial charge on any atom is 0.262 e. The number of hydrogen-bond acceptors (Lipinski definition) is 6. The minimum Gasteiger partial charge on any atom is -0.493 e. The van der Waals surface area contributed by atoms with Gasteiger partial charge in [-0.2, -0.15) is 0 Å². The van der Waals surface area contributed by atoms with Gasteiger partial charge in [-0.1, -0.05) is 45.9 Å². The van der Waals surface area contributed by atoms with E-state index in [0.29, 0.717) is 70.0 Å². The summed E-state index contributed by atoms with van der Waals surface area (Å²) in [6.07, 6.45) is 1.99. The predicted molar refractivity (Wildman–Crippen MR) is 155 cm³/mol. The van der Waals surface area contributed by atoms with Crippen molar-refractivity contribution in [1.29, 1.82) is 0 Å². The highest BCUT2D eigenvalue weighted by Gasteiger charge is 2.48. The van der Waals surface area contributed by atoms with Gasteiger partial charge < -0.3 is 19.5 Å². The third kappa shape index (κ3) is 5.59. The molecule has 8 heteroatoms. The fraction of sp³-hybridized carbons (Fsp3) is 0.406. The monoisotopic (exact) mass is 607 g/mol. The SMILES string of the molecule is COc1cc(C2C3=C(CC(C)(C)CC3=O)OC3=C2C(=O)CC(C)(C)C3)cc(Br)c1OCC(=O)Nc1ccccc1. The minimum atomic E-state index is -0.563. The van der Waals surface area contributed by atoms with E-state index in [0.717, 1.165) is 5.56 Å². The van der Waals surface area contributed by atoms with Crippen LogP contribution in [0.25, 0.3) is 0 Å². The fourth-order valence-corrected chi connectivity index (χ4v) is 6.48. The fourth-order valence-electron chi connectivity index (χ4n) is 5.91. The number of anilines is 1. The van der Waals surface area contributed by atoms with Crippen molar-refractivity contribution in [3.05, 3.63) is 75.2 Å². The number of ether oxygens (including phenoxy) is 3. The van der Waals surface area contributed by atoms with Crippen LogP contribution >= 0.6 is 15.9 Å². The molecule has 40 heavy (non-hydrogen) atoms. The van der Waals surface area contributed by atoms with Crippen LogP contribution in [0, 0.1) is 10.8 Å². The van der Waals surface area contributed by atoms with Crippen molar-refractivity contribution in [2.45, 2.75) is 59.3 Å². The summed E-state index contributed by atoms with van der Waals surface area (Å²) in [6.45, 7) is 8.02. The summed E-state index contributed by atoms with van der Waals surface area (Å²) in [5.74, 6) is 1.17. The number of methoxy groups -OCH3 is 1. The Labute approximate surface area is 243 Å². The molecule has 2 aromatic carbocycles. The lowest BCUT2D eigenvalue weighted by atomic mass is 9.65. The third-order valence-electron chi connectivity index (χ3n) is 7.57. The van der Waals surface area contributed by atoms with Crippen LogP contribution in [0.4, 0.5) is 5.69 Å². The summed E-state index contributed by atoms with van der Waals surface area (Å²) in [4.78, 5) is 39.7. The molecule has 0 atom stereocenters. The van der Waals surface area contributed by atoms with Crippen molar-refractivity contribution in [3.63, 3.8) is 0 Å². The summed E-state index contributed by atoms with van der Waals surface area (Å²) in [5.41, 5.74) is 2.04. The summed E-state index contributed by atoms with van der Waals surface area (Å²) in [7, 11) is 1.52. The van der Waals surface area contributed by atoms with Gasteiger partial charge in [0.15, 0.2) is 29.7 Å². The number of allylic oxidation sites excluding steroid dienone is 4. The first-order valence-electron chi connectivity index (χ1n) is 13.4. The second kappa shape index (κ2) is 10.5. The van der Waals surface area contributed by atoms with E-state index in [4.69, 9.17) is 14.2 Å². The van der Waals surface area contributed by atoms with Gasteiger partial charge in [0.25, 0.3) is 5.91 Å². The number of amides is 1. The number of Topliss-reactive ketones (excluding diaryl/α,β-unsaturated/α-hetero) is 2. The van der Waals surface area contributed by atoms with E-state index in [9.17, 15) is 14.4 Å². The van der Waals surface area contributed by atoms with Crippen LogP contribution in [0.3, 0.4) is 0 Å². The van der Waals surface area contributed by atoms with Gasteiger partial charge in [-0.15, -0.1) is 0 Å². The van der Waals surface area contributed by atoms with E-state index in [1.165, 1.54) is 7.11 Å². The summed E-state index contributed by atoms with van der Waals surface area (Å²) >= 11 is 3.59. The largest absolute Gasteiger partial charge is 0.493 e. The van der Waals surface area contributed by atoms with E-state index < -0.39 is 5.92 Å². The quantitative estimate of drug-likeness (QED) is 0.385. The van der Waals surface area contributed by atoms with Gasteiger partial charge in [-0.25, -0.2) is 0 Å². The average molecular weight is 609 g/mol. The zero-order chi connectivity index (χ0) is 28.8. The highest BCUT2D eigenvalue weighted by atomic mass is 79.9. The Morgan fingerprint density at radius 3 is 2.08 bits per heavy atom. The smallest absolute Gasteiger partial charge is 0.262 e. The molecule has 0 radical (unpaired) electrons. The van der Waals surface area contributed by atoms with Crippen LogP contribution in [0.1, 0.15) is 64.9 Å². The molecule has 5 rings (SSSR count). The topological polar surface area (TPSA) is 90.9 Å². The van der Waals surface area contributed by atoms with E-state index in [1.54, 1.807) is 18.2 Å². The number of benzene rings is 2. The van der Waals surface area contributed by atoms with E-state index in [1.807, 2.05) is 24.3 Å². The molecule has 1 aliphatic heterocycles. The molecule has 0 spiro atoms. The van der Waals surface area contributed by atoms with Crippen molar-refractivity contribution < 1.29 is 28.6 Å². The highest BCUT2D eigenvalue weighted by molar-refractivity contribution is 9.10. The molecule has 1 amide bonds. The molecule has 2 aliphatic carbocycles. The third-order valence-corrected chi connectivity index (χ3v) is 8.16. The van der Waals surface area contributed by atoms with Gasteiger partial charge >= 0.3 is 0 Å². The average Bonchev–Trinajstić information content (AvgIpc) is 2.85. The zero-order valence-electron chi connectivity index (χ0n) is 23.5. The number of halogens is 1. The van der Waals surface area contributed by atoms with Gasteiger partial charge in [-0.3, -0.25) is 14.4 Å². The van der Waals surface area contributed by atoms with Crippen LogP contribution < -0.4 is 14.8 Å². The Kier molecular flexibility index (Phi) is 7.42.